The number of aromatic amines is 1. The Morgan fingerprint density at radius 1 is 1.20 bits per heavy atom. The van der Waals surface area contributed by atoms with Crippen LogP contribution in [0.4, 0.5) is 5.82 Å². The van der Waals surface area contributed by atoms with Gasteiger partial charge in [0.15, 0.2) is 5.65 Å². The molecule has 0 unspecified atom stereocenters. The molecule has 2 aromatic rings. The molecule has 1 aliphatic heterocycles. The quantitative estimate of drug-likeness (QED) is 0.898. The summed E-state index contributed by atoms with van der Waals surface area (Å²) in [5.41, 5.74) is 2.05. The molecule has 2 aromatic heterocycles. The molecule has 0 aliphatic carbocycles. The van der Waals surface area contributed by atoms with Crippen LogP contribution in [0.15, 0.2) is 12.1 Å². The molecular weight excluding hydrogens is 250 g/mol. The summed E-state index contributed by atoms with van der Waals surface area (Å²) in [6.07, 6.45) is 3.41. The molecule has 0 amide bonds. The molecule has 0 bridgehead atoms. The summed E-state index contributed by atoms with van der Waals surface area (Å²) in [5.74, 6) is 2.06. The minimum Gasteiger partial charge on any atom is -0.363 e. The molecule has 2 N–H and O–H groups in total. The second-order valence-corrected chi connectivity index (χ2v) is 5.90. The number of nitrogens with zero attached hydrogens (tertiary/aromatic N) is 3. The van der Waals surface area contributed by atoms with E-state index in [-0.39, 0.29) is 5.41 Å². The Morgan fingerprint density at radius 2 is 1.95 bits per heavy atom. The number of fused-ring (bicyclic) bond motifs is 1. The first kappa shape index (κ1) is 13.4. The first-order chi connectivity index (χ1) is 9.64. The molecule has 108 valence electrons. The van der Waals surface area contributed by atoms with E-state index in [4.69, 9.17) is 4.98 Å². The van der Waals surface area contributed by atoms with Crippen molar-refractivity contribution in [1.29, 1.82) is 0 Å². The molecule has 5 heteroatoms. The molecule has 1 aliphatic rings. The van der Waals surface area contributed by atoms with Crippen molar-refractivity contribution in [1.82, 2.24) is 20.3 Å². The number of imidazole rings is 1. The minimum absolute atomic E-state index is 0.185. The summed E-state index contributed by atoms with van der Waals surface area (Å²) >= 11 is 0. The van der Waals surface area contributed by atoms with Crippen molar-refractivity contribution in [2.24, 2.45) is 0 Å². The van der Waals surface area contributed by atoms with Crippen molar-refractivity contribution in [3.05, 3.63) is 18.0 Å². The summed E-state index contributed by atoms with van der Waals surface area (Å²) in [6, 6.07) is 4.12. The van der Waals surface area contributed by atoms with Crippen LogP contribution < -0.4 is 10.2 Å². The Bertz CT molecular complexity index is 595. The summed E-state index contributed by atoms with van der Waals surface area (Å²) in [4.78, 5) is 14.9. The minimum atomic E-state index is 0.185. The first-order valence-corrected chi connectivity index (χ1v) is 7.40. The van der Waals surface area contributed by atoms with E-state index in [1.54, 1.807) is 0 Å². The van der Waals surface area contributed by atoms with Crippen molar-refractivity contribution in [2.45, 2.75) is 31.6 Å². The SMILES string of the molecule is CCC1(c2nc3nc(N(C)C)ccc3[nH]2)CCNCC1. The molecule has 3 heterocycles. The number of anilines is 1. The number of aromatic nitrogens is 3. The monoisotopic (exact) mass is 273 g/mol. The van der Waals surface area contributed by atoms with Gasteiger partial charge in [0.25, 0.3) is 0 Å². The third kappa shape index (κ3) is 2.16. The van der Waals surface area contributed by atoms with Crippen LogP contribution in [-0.4, -0.2) is 42.1 Å². The summed E-state index contributed by atoms with van der Waals surface area (Å²) in [5, 5.41) is 3.44. The molecule has 3 rings (SSSR count). The fourth-order valence-corrected chi connectivity index (χ4v) is 3.05. The highest BCUT2D eigenvalue weighted by atomic mass is 15.2. The number of hydrogen-bond donors (Lipinski definition) is 2. The molecule has 0 spiro atoms. The van der Waals surface area contributed by atoms with E-state index in [1.165, 1.54) is 0 Å². The van der Waals surface area contributed by atoms with Crippen LogP contribution in [0.25, 0.3) is 11.2 Å². The van der Waals surface area contributed by atoms with Gasteiger partial charge < -0.3 is 15.2 Å². The zero-order valence-electron chi connectivity index (χ0n) is 12.5. The number of hydrogen-bond acceptors (Lipinski definition) is 4. The molecule has 0 saturated carbocycles. The lowest BCUT2D eigenvalue weighted by molar-refractivity contribution is 0.285. The van der Waals surface area contributed by atoms with Gasteiger partial charge in [-0.05, 0) is 44.5 Å². The Balaban J connectivity index is 2.03. The normalized spacial score (nSPS) is 18.4. The van der Waals surface area contributed by atoms with E-state index in [1.807, 2.05) is 25.1 Å². The zero-order valence-corrected chi connectivity index (χ0v) is 12.5. The first-order valence-electron chi connectivity index (χ1n) is 7.40. The standard InChI is InChI=1S/C15H23N5/c1-4-15(7-9-16-10-8-15)14-17-11-5-6-12(20(2)3)18-13(11)19-14/h5-6,16H,4,7-10H2,1-3H3,(H,17,18,19). The largest absolute Gasteiger partial charge is 0.363 e. The van der Waals surface area contributed by atoms with E-state index in [9.17, 15) is 0 Å². The number of nitrogens with one attached hydrogen (secondary N) is 2. The maximum absolute atomic E-state index is 4.80. The van der Waals surface area contributed by atoms with Crippen LogP contribution in [0.1, 0.15) is 32.0 Å². The van der Waals surface area contributed by atoms with Crippen molar-refractivity contribution in [2.75, 3.05) is 32.1 Å². The summed E-state index contributed by atoms with van der Waals surface area (Å²) < 4.78 is 0. The zero-order chi connectivity index (χ0) is 14.2. The molecule has 1 saturated heterocycles. The van der Waals surface area contributed by atoms with Gasteiger partial charge in [-0.15, -0.1) is 0 Å². The Labute approximate surface area is 119 Å². The van der Waals surface area contributed by atoms with Gasteiger partial charge in [-0.3, -0.25) is 0 Å². The Morgan fingerprint density at radius 3 is 2.60 bits per heavy atom. The van der Waals surface area contributed by atoms with Crippen LogP contribution >= 0.6 is 0 Å². The second-order valence-electron chi connectivity index (χ2n) is 5.90. The van der Waals surface area contributed by atoms with Crippen molar-refractivity contribution >= 4 is 17.0 Å². The molecule has 1 fully saturated rings. The van der Waals surface area contributed by atoms with E-state index < -0.39 is 0 Å². The van der Waals surface area contributed by atoms with Crippen LogP contribution in [0.2, 0.25) is 0 Å². The van der Waals surface area contributed by atoms with Crippen LogP contribution in [0, 0.1) is 0 Å². The number of rotatable bonds is 3. The van der Waals surface area contributed by atoms with Crippen LogP contribution in [0.5, 0.6) is 0 Å². The van der Waals surface area contributed by atoms with E-state index in [0.29, 0.717) is 0 Å². The smallest absolute Gasteiger partial charge is 0.179 e. The van der Waals surface area contributed by atoms with Crippen molar-refractivity contribution in [3.63, 3.8) is 0 Å². The van der Waals surface area contributed by atoms with Gasteiger partial charge in [0.1, 0.15) is 11.6 Å². The summed E-state index contributed by atoms with van der Waals surface area (Å²) in [7, 11) is 4.00. The molecule has 0 aromatic carbocycles. The van der Waals surface area contributed by atoms with Gasteiger partial charge in [0.2, 0.25) is 0 Å². The van der Waals surface area contributed by atoms with E-state index in [0.717, 1.165) is 55.2 Å². The number of pyridine rings is 1. The lowest BCUT2D eigenvalue weighted by Gasteiger charge is -2.34. The number of H-pyrrole nitrogens is 1. The van der Waals surface area contributed by atoms with Gasteiger partial charge in [-0.1, -0.05) is 6.92 Å². The van der Waals surface area contributed by atoms with E-state index in [2.05, 4.69) is 28.3 Å². The Hall–Kier alpha value is -1.62. The molecule has 0 radical (unpaired) electrons. The third-order valence-corrected chi connectivity index (χ3v) is 4.53. The fraction of sp³-hybridized carbons (Fsp3) is 0.600. The average molecular weight is 273 g/mol. The summed E-state index contributed by atoms with van der Waals surface area (Å²) in [6.45, 7) is 4.40. The van der Waals surface area contributed by atoms with Gasteiger partial charge in [0, 0.05) is 19.5 Å². The van der Waals surface area contributed by atoms with Crippen molar-refractivity contribution < 1.29 is 0 Å². The molecular formula is C15H23N5. The predicted octanol–water partition coefficient (Wildman–Crippen LogP) is 2.06. The fourth-order valence-electron chi connectivity index (χ4n) is 3.05. The predicted molar refractivity (Wildman–Crippen MR) is 82.3 cm³/mol. The topological polar surface area (TPSA) is 56.8 Å². The van der Waals surface area contributed by atoms with Gasteiger partial charge in [-0.25, -0.2) is 9.97 Å². The maximum Gasteiger partial charge on any atom is 0.179 e. The molecule has 20 heavy (non-hydrogen) atoms. The van der Waals surface area contributed by atoms with Gasteiger partial charge in [-0.2, -0.15) is 0 Å². The Kier molecular flexibility index (Phi) is 3.38. The second kappa shape index (κ2) is 5.05. The maximum atomic E-state index is 4.80. The van der Waals surface area contributed by atoms with Crippen LogP contribution in [-0.2, 0) is 5.41 Å². The highest BCUT2D eigenvalue weighted by Crippen LogP contribution is 2.35. The van der Waals surface area contributed by atoms with E-state index >= 15 is 0 Å². The van der Waals surface area contributed by atoms with Gasteiger partial charge in [0.05, 0.1) is 5.52 Å². The third-order valence-electron chi connectivity index (χ3n) is 4.53. The molecule has 5 nitrogen and oxygen atoms in total. The van der Waals surface area contributed by atoms with Crippen molar-refractivity contribution in [3.8, 4) is 0 Å². The average Bonchev–Trinajstić information content (AvgIpc) is 2.91. The number of piperidine rings is 1. The van der Waals surface area contributed by atoms with Gasteiger partial charge >= 0.3 is 0 Å². The lowest BCUT2D eigenvalue weighted by Crippen LogP contribution is -2.40. The highest BCUT2D eigenvalue weighted by Gasteiger charge is 2.35. The highest BCUT2D eigenvalue weighted by molar-refractivity contribution is 5.73. The lowest BCUT2D eigenvalue weighted by atomic mass is 9.76. The molecule has 0 atom stereocenters. The van der Waals surface area contributed by atoms with Crippen LogP contribution in [0.3, 0.4) is 0 Å².